The van der Waals surface area contributed by atoms with Crippen molar-refractivity contribution in [2.24, 2.45) is 0 Å². The first kappa shape index (κ1) is 42.5. The molecule has 10 aromatic rings. The summed E-state index contributed by atoms with van der Waals surface area (Å²) in [4.78, 5) is 8.10. The summed E-state index contributed by atoms with van der Waals surface area (Å²) in [6, 6.07) is 69.5. The lowest BCUT2D eigenvalue weighted by molar-refractivity contribution is 0.332. The molecule has 72 heavy (non-hydrogen) atoms. The number of anilines is 5. The molecular formula is C67H55BN2OS. The van der Waals surface area contributed by atoms with Crippen LogP contribution in [0.4, 0.5) is 28.4 Å². The second-order valence-electron chi connectivity index (χ2n) is 23.1. The van der Waals surface area contributed by atoms with Gasteiger partial charge in [-0.15, -0.1) is 0 Å². The van der Waals surface area contributed by atoms with Crippen molar-refractivity contribution in [3.8, 4) is 11.1 Å². The van der Waals surface area contributed by atoms with Gasteiger partial charge in [0.2, 0.25) is 0 Å². The smallest absolute Gasteiger partial charge is 0.333 e. The lowest BCUT2D eigenvalue weighted by Gasteiger charge is -2.53. The van der Waals surface area contributed by atoms with E-state index < -0.39 is 5.41 Å². The Bertz CT molecular complexity index is 3940. The van der Waals surface area contributed by atoms with Crippen LogP contribution in [0.2, 0.25) is 0 Å². The Balaban J connectivity index is 1.13. The van der Waals surface area contributed by atoms with Gasteiger partial charge in [-0.3, -0.25) is 0 Å². The van der Waals surface area contributed by atoms with Gasteiger partial charge in [0.1, 0.15) is 11.2 Å². The minimum Gasteiger partial charge on any atom is -0.455 e. The van der Waals surface area contributed by atoms with Crippen molar-refractivity contribution in [3.63, 3.8) is 0 Å². The molecule has 0 bridgehead atoms. The van der Waals surface area contributed by atoms with Crippen molar-refractivity contribution >= 4 is 79.9 Å². The number of nitrogens with zero attached hydrogens (tertiary/aromatic N) is 2. The Morgan fingerprint density at radius 2 is 1.14 bits per heavy atom. The molecule has 3 nitrogen and oxygen atoms in total. The van der Waals surface area contributed by atoms with Crippen molar-refractivity contribution in [2.75, 3.05) is 9.71 Å². The van der Waals surface area contributed by atoms with Gasteiger partial charge in [-0.2, -0.15) is 0 Å². The highest BCUT2D eigenvalue weighted by atomic mass is 32.2. The van der Waals surface area contributed by atoms with Crippen LogP contribution in [0.3, 0.4) is 0 Å². The van der Waals surface area contributed by atoms with E-state index in [4.69, 9.17) is 4.42 Å². The standard InChI is InChI=1S/C67H55BN2OS/c1-40-35-49-50(65(4,5)34-33-64(49,2)3)38-54(40)69-55-39-59-51(66(6,7)47-28-16-19-32-58(47)72-59)37-52(55)68-61-56(69)36-45-43-25-14-18-31-57(43)71-63(45)60(61)44-26-20-29-48-62(44)70(68)53-30-17-15-27-46(53)67(48,41-21-10-8-11-22-41)42-23-12-9-13-24-42/h8-32,35-39H,33-34H2,1-7H3. The van der Waals surface area contributed by atoms with Gasteiger partial charge in [0, 0.05) is 65.5 Å². The van der Waals surface area contributed by atoms with Crippen LogP contribution >= 0.6 is 11.8 Å². The first-order chi connectivity index (χ1) is 34.9. The summed E-state index contributed by atoms with van der Waals surface area (Å²) in [6.45, 7) is 16.9. The Labute approximate surface area is 427 Å². The third-order valence-corrected chi connectivity index (χ3v) is 19.1. The summed E-state index contributed by atoms with van der Waals surface area (Å²) in [5.41, 5.74) is 24.3. The molecule has 0 unspecified atom stereocenters. The fourth-order valence-electron chi connectivity index (χ4n) is 14.3. The van der Waals surface area contributed by atoms with E-state index >= 15 is 0 Å². The van der Waals surface area contributed by atoms with Crippen LogP contribution in [0.5, 0.6) is 0 Å². The highest BCUT2D eigenvalue weighted by Crippen LogP contribution is 2.62. The molecule has 4 aliphatic heterocycles. The number of fused-ring (bicyclic) bond motifs is 13. The van der Waals surface area contributed by atoms with Gasteiger partial charge in [0.15, 0.2) is 0 Å². The van der Waals surface area contributed by atoms with Crippen LogP contribution in [-0.4, -0.2) is 6.85 Å². The van der Waals surface area contributed by atoms with Crippen LogP contribution in [0, 0.1) is 6.92 Å². The van der Waals surface area contributed by atoms with E-state index in [9.17, 15) is 0 Å². The summed E-state index contributed by atoms with van der Waals surface area (Å²) in [7, 11) is 0. The monoisotopic (exact) mass is 946 g/mol. The average Bonchev–Trinajstić information content (AvgIpc) is 3.78. The third kappa shape index (κ3) is 5.40. The molecule has 5 heteroatoms. The molecule has 15 rings (SSSR count). The summed E-state index contributed by atoms with van der Waals surface area (Å²) >= 11 is 1.93. The number of hydrogen-bond donors (Lipinski definition) is 0. The second-order valence-corrected chi connectivity index (χ2v) is 24.1. The quantitative estimate of drug-likeness (QED) is 0.164. The zero-order valence-electron chi connectivity index (χ0n) is 42.0. The Kier molecular flexibility index (Phi) is 8.54. The van der Waals surface area contributed by atoms with Gasteiger partial charge in [-0.1, -0.05) is 199 Å². The highest BCUT2D eigenvalue weighted by molar-refractivity contribution is 7.99. The zero-order valence-corrected chi connectivity index (χ0v) is 42.8. The normalized spacial score (nSPS) is 17.6. The number of benzene rings is 9. The van der Waals surface area contributed by atoms with Crippen molar-refractivity contribution in [1.29, 1.82) is 0 Å². The fraction of sp³-hybridized carbons (Fsp3) is 0.194. The predicted octanol–water partition coefficient (Wildman–Crippen LogP) is 16.4. The molecular weight excluding hydrogens is 892 g/mol. The number of aryl methyl sites for hydroxylation is 1. The maximum absolute atomic E-state index is 7.30. The molecule has 0 amide bonds. The van der Waals surface area contributed by atoms with E-state index in [-0.39, 0.29) is 23.1 Å². The molecule has 0 saturated heterocycles. The van der Waals surface area contributed by atoms with Gasteiger partial charge in [0.05, 0.1) is 5.41 Å². The SMILES string of the molecule is Cc1cc2c(cc1N1c3cc4c(cc3B3c5c1cc1c(oc6ccccc61)c5-c1cccc5c1N3c1ccccc1C5(c1ccccc1)c1ccccc1)C(C)(C)c1ccccc1S4)C(C)(C)CCC2(C)C. The first-order valence-electron chi connectivity index (χ1n) is 25.9. The van der Waals surface area contributed by atoms with E-state index in [2.05, 4.69) is 240 Å². The molecule has 5 heterocycles. The van der Waals surface area contributed by atoms with Gasteiger partial charge >= 0.3 is 6.85 Å². The average molecular weight is 947 g/mol. The van der Waals surface area contributed by atoms with E-state index in [1.807, 2.05) is 11.8 Å². The van der Waals surface area contributed by atoms with Crippen LogP contribution in [0.1, 0.15) is 104 Å². The Morgan fingerprint density at radius 1 is 0.500 bits per heavy atom. The summed E-state index contributed by atoms with van der Waals surface area (Å²) < 4.78 is 7.30. The van der Waals surface area contributed by atoms with Crippen molar-refractivity contribution < 1.29 is 4.42 Å². The largest absolute Gasteiger partial charge is 0.455 e. The molecule has 0 atom stereocenters. The second kappa shape index (κ2) is 14.5. The van der Waals surface area contributed by atoms with Gasteiger partial charge < -0.3 is 14.1 Å². The molecule has 0 saturated carbocycles. The lowest BCUT2D eigenvalue weighted by Crippen LogP contribution is -2.63. The molecule has 348 valence electrons. The van der Waals surface area contributed by atoms with Crippen LogP contribution < -0.4 is 20.6 Å². The number of rotatable bonds is 3. The fourth-order valence-corrected chi connectivity index (χ4v) is 15.7. The highest BCUT2D eigenvalue weighted by Gasteiger charge is 2.55. The topological polar surface area (TPSA) is 19.6 Å². The number of furan rings is 1. The van der Waals surface area contributed by atoms with Crippen molar-refractivity contribution in [3.05, 3.63) is 232 Å². The third-order valence-electron chi connectivity index (χ3n) is 17.9. The van der Waals surface area contributed by atoms with E-state index in [0.717, 1.165) is 28.4 Å². The lowest BCUT2D eigenvalue weighted by atomic mass is 9.41. The van der Waals surface area contributed by atoms with Gasteiger partial charge in [-0.05, 0) is 128 Å². The molecule has 1 aromatic heterocycles. The van der Waals surface area contributed by atoms with E-state index in [1.54, 1.807) is 0 Å². The van der Waals surface area contributed by atoms with E-state index in [1.165, 1.54) is 117 Å². The first-order valence-corrected chi connectivity index (χ1v) is 26.7. The van der Waals surface area contributed by atoms with Crippen LogP contribution in [0.25, 0.3) is 33.1 Å². The van der Waals surface area contributed by atoms with Gasteiger partial charge in [-0.25, -0.2) is 0 Å². The Morgan fingerprint density at radius 3 is 1.89 bits per heavy atom. The predicted molar refractivity (Wildman–Crippen MR) is 302 cm³/mol. The Hall–Kier alpha value is -7.21. The molecule has 0 spiro atoms. The van der Waals surface area contributed by atoms with Crippen LogP contribution in [0.15, 0.2) is 196 Å². The maximum atomic E-state index is 7.30. The zero-order chi connectivity index (χ0) is 48.6. The molecule has 5 aliphatic rings. The van der Waals surface area contributed by atoms with Crippen LogP contribution in [-0.2, 0) is 21.7 Å². The molecule has 0 radical (unpaired) electrons. The molecule has 0 fully saturated rings. The maximum Gasteiger partial charge on any atom is 0.333 e. The van der Waals surface area contributed by atoms with Gasteiger partial charge in [0.25, 0.3) is 0 Å². The number of hydrogen-bond acceptors (Lipinski definition) is 4. The van der Waals surface area contributed by atoms with Crippen molar-refractivity contribution in [2.45, 2.75) is 92.8 Å². The summed E-state index contributed by atoms with van der Waals surface area (Å²) in [5, 5.41) is 2.28. The summed E-state index contributed by atoms with van der Waals surface area (Å²) in [6.07, 6.45) is 2.32. The molecule has 9 aromatic carbocycles. The van der Waals surface area contributed by atoms with Crippen molar-refractivity contribution in [1.82, 2.24) is 0 Å². The minimum atomic E-state index is -0.619. The summed E-state index contributed by atoms with van der Waals surface area (Å²) in [5.74, 6) is 0. The molecule has 1 aliphatic carbocycles. The minimum absolute atomic E-state index is 0.0227. The molecule has 0 N–H and O–H groups in total. The number of para-hydroxylation sites is 3. The van der Waals surface area contributed by atoms with E-state index in [0.29, 0.717) is 0 Å².